The average Bonchev–Trinajstić information content (AvgIpc) is 2.69. The van der Waals surface area contributed by atoms with Gasteiger partial charge in [-0.1, -0.05) is 19.1 Å². The number of benzene rings is 2. The Balaban J connectivity index is 1.62. The number of anilines is 3. The van der Waals surface area contributed by atoms with Crippen LogP contribution < -0.4 is 10.6 Å². The standard InChI is InChI=1S/C21H18F3N3O/c1-2-14-3-9-17(10-4-14)26-19-12-11-18(13-25-19)27-20(28)15-5-7-16(8-6-15)21(22,23)24/h3-13H,2H2,1H3,(H,25,26)(H,27,28). The number of rotatable bonds is 5. The molecule has 28 heavy (non-hydrogen) atoms. The van der Waals surface area contributed by atoms with Gasteiger partial charge in [0.2, 0.25) is 0 Å². The number of halogens is 3. The quantitative estimate of drug-likeness (QED) is 0.596. The molecule has 3 aromatic rings. The summed E-state index contributed by atoms with van der Waals surface area (Å²) >= 11 is 0. The molecule has 2 N–H and O–H groups in total. The molecule has 0 aliphatic heterocycles. The van der Waals surface area contributed by atoms with E-state index in [-0.39, 0.29) is 5.56 Å². The molecule has 3 rings (SSSR count). The van der Waals surface area contributed by atoms with Crippen molar-refractivity contribution in [1.29, 1.82) is 0 Å². The lowest BCUT2D eigenvalue weighted by molar-refractivity contribution is -0.137. The zero-order valence-corrected chi connectivity index (χ0v) is 15.0. The first-order chi connectivity index (χ1) is 13.3. The highest BCUT2D eigenvalue weighted by atomic mass is 19.4. The minimum absolute atomic E-state index is 0.131. The zero-order chi connectivity index (χ0) is 20.1. The number of hydrogen-bond donors (Lipinski definition) is 2. The van der Waals surface area contributed by atoms with E-state index < -0.39 is 17.6 Å². The predicted octanol–water partition coefficient (Wildman–Crippen LogP) is 5.66. The van der Waals surface area contributed by atoms with E-state index in [4.69, 9.17) is 0 Å². The van der Waals surface area contributed by atoms with Crippen LogP contribution in [0.25, 0.3) is 0 Å². The van der Waals surface area contributed by atoms with Gasteiger partial charge in [-0.2, -0.15) is 13.2 Å². The first-order valence-corrected chi connectivity index (χ1v) is 8.66. The van der Waals surface area contributed by atoms with Gasteiger partial charge in [0.05, 0.1) is 17.4 Å². The van der Waals surface area contributed by atoms with Crippen LogP contribution in [0.5, 0.6) is 0 Å². The summed E-state index contributed by atoms with van der Waals surface area (Å²) in [6.07, 6.45) is -1.99. The lowest BCUT2D eigenvalue weighted by Gasteiger charge is -2.09. The van der Waals surface area contributed by atoms with Crippen LogP contribution in [0.4, 0.5) is 30.4 Å². The van der Waals surface area contributed by atoms with Crippen molar-refractivity contribution >= 4 is 23.1 Å². The van der Waals surface area contributed by atoms with Crippen LogP contribution in [-0.4, -0.2) is 10.9 Å². The Morgan fingerprint density at radius 3 is 2.11 bits per heavy atom. The fourth-order valence-electron chi connectivity index (χ4n) is 2.53. The van der Waals surface area contributed by atoms with E-state index in [0.717, 1.165) is 36.4 Å². The summed E-state index contributed by atoms with van der Waals surface area (Å²) in [4.78, 5) is 16.4. The van der Waals surface area contributed by atoms with Gasteiger partial charge < -0.3 is 10.6 Å². The number of pyridine rings is 1. The molecule has 2 aromatic carbocycles. The summed E-state index contributed by atoms with van der Waals surface area (Å²) in [5.74, 6) is 0.100. The zero-order valence-electron chi connectivity index (χ0n) is 15.0. The van der Waals surface area contributed by atoms with Gasteiger partial charge in [0.1, 0.15) is 5.82 Å². The highest BCUT2D eigenvalue weighted by molar-refractivity contribution is 6.04. The van der Waals surface area contributed by atoms with Crippen molar-refractivity contribution in [2.45, 2.75) is 19.5 Å². The van der Waals surface area contributed by atoms with Crippen molar-refractivity contribution in [2.24, 2.45) is 0 Å². The molecule has 144 valence electrons. The summed E-state index contributed by atoms with van der Waals surface area (Å²) in [5.41, 5.74) is 1.90. The number of nitrogens with one attached hydrogen (secondary N) is 2. The van der Waals surface area contributed by atoms with E-state index >= 15 is 0 Å². The van der Waals surface area contributed by atoms with Crippen LogP contribution >= 0.6 is 0 Å². The van der Waals surface area contributed by atoms with Crippen molar-refractivity contribution in [3.05, 3.63) is 83.6 Å². The summed E-state index contributed by atoms with van der Waals surface area (Å²) in [6, 6.07) is 15.4. The van der Waals surface area contributed by atoms with Crippen LogP contribution in [0.3, 0.4) is 0 Å². The SMILES string of the molecule is CCc1ccc(Nc2ccc(NC(=O)c3ccc(C(F)(F)F)cc3)cn2)cc1. The number of nitrogens with zero attached hydrogens (tertiary/aromatic N) is 1. The van der Waals surface area contributed by atoms with Crippen LogP contribution in [-0.2, 0) is 12.6 Å². The highest BCUT2D eigenvalue weighted by Crippen LogP contribution is 2.29. The maximum absolute atomic E-state index is 12.6. The molecule has 7 heteroatoms. The summed E-state index contributed by atoms with van der Waals surface area (Å²) in [5, 5.41) is 5.77. The van der Waals surface area contributed by atoms with Gasteiger partial charge in [0, 0.05) is 11.3 Å². The van der Waals surface area contributed by atoms with Crippen LogP contribution in [0.15, 0.2) is 66.9 Å². The Bertz CT molecular complexity index is 935. The molecule has 1 heterocycles. The second-order valence-corrected chi connectivity index (χ2v) is 6.14. The lowest BCUT2D eigenvalue weighted by atomic mass is 10.1. The molecule has 0 radical (unpaired) electrons. The third-order valence-corrected chi connectivity index (χ3v) is 4.13. The van der Waals surface area contributed by atoms with Crippen molar-refractivity contribution in [3.63, 3.8) is 0 Å². The monoisotopic (exact) mass is 385 g/mol. The van der Waals surface area contributed by atoms with Gasteiger partial charge in [-0.15, -0.1) is 0 Å². The molecule has 0 atom stereocenters. The van der Waals surface area contributed by atoms with Crippen LogP contribution in [0.1, 0.15) is 28.4 Å². The van der Waals surface area contributed by atoms with E-state index in [2.05, 4.69) is 22.5 Å². The molecular formula is C21H18F3N3O. The average molecular weight is 385 g/mol. The van der Waals surface area contributed by atoms with E-state index in [1.807, 2.05) is 24.3 Å². The smallest absolute Gasteiger partial charge is 0.340 e. The van der Waals surface area contributed by atoms with Crippen LogP contribution in [0.2, 0.25) is 0 Å². The molecule has 0 aliphatic carbocycles. The van der Waals surface area contributed by atoms with Gasteiger partial charge in [-0.25, -0.2) is 4.98 Å². The maximum atomic E-state index is 12.6. The Hall–Kier alpha value is -3.35. The molecule has 0 unspecified atom stereocenters. The highest BCUT2D eigenvalue weighted by Gasteiger charge is 2.30. The number of carbonyl (C=O) groups excluding carboxylic acids is 1. The lowest BCUT2D eigenvalue weighted by Crippen LogP contribution is -2.13. The van der Waals surface area contributed by atoms with E-state index in [1.54, 1.807) is 12.1 Å². The number of carbonyl (C=O) groups is 1. The number of hydrogen-bond acceptors (Lipinski definition) is 3. The molecule has 4 nitrogen and oxygen atoms in total. The number of aryl methyl sites for hydroxylation is 1. The summed E-state index contributed by atoms with van der Waals surface area (Å²) < 4.78 is 37.8. The van der Waals surface area contributed by atoms with E-state index in [9.17, 15) is 18.0 Å². The normalized spacial score (nSPS) is 11.1. The van der Waals surface area contributed by atoms with Gasteiger partial charge in [-0.3, -0.25) is 4.79 Å². The Morgan fingerprint density at radius 2 is 1.57 bits per heavy atom. The van der Waals surface area contributed by atoms with Crippen LogP contribution in [0, 0.1) is 0 Å². The second-order valence-electron chi connectivity index (χ2n) is 6.14. The van der Waals surface area contributed by atoms with E-state index in [1.165, 1.54) is 11.8 Å². The minimum Gasteiger partial charge on any atom is -0.340 e. The topological polar surface area (TPSA) is 54.0 Å². The molecule has 1 amide bonds. The third kappa shape index (κ3) is 4.88. The van der Waals surface area contributed by atoms with Crippen molar-refractivity contribution in [1.82, 2.24) is 4.98 Å². The van der Waals surface area contributed by atoms with Gasteiger partial charge >= 0.3 is 6.18 Å². The third-order valence-electron chi connectivity index (χ3n) is 4.13. The molecule has 1 aromatic heterocycles. The first-order valence-electron chi connectivity index (χ1n) is 8.66. The summed E-state index contributed by atoms with van der Waals surface area (Å²) in [6.45, 7) is 2.09. The molecule has 0 aliphatic rings. The fourth-order valence-corrected chi connectivity index (χ4v) is 2.53. The first kappa shape index (κ1) is 19.4. The predicted molar refractivity (Wildman–Crippen MR) is 103 cm³/mol. The Labute approximate surface area is 160 Å². The molecule has 0 saturated heterocycles. The van der Waals surface area contributed by atoms with Crippen molar-refractivity contribution in [2.75, 3.05) is 10.6 Å². The maximum Gasteiger partial charge on any atom is 0.416 e. The largest absolute Gasteiger partial charge is 0.416 e. The molecular weight excluding hydrogens is 367 g/mol. The number of alkyl halides is 3. The molecule has 0 bridgehead atoms. The fraction of sp³-hybridized carbons (Fsp3) is 0.143. The second kappa shape index (κ2) is 8.12. The van der Waals surface area contributed by atoms with Gasteiger partial charge in [0.15, 0.2) is 0 Å². The Morgan fingerprint density at radius 1 is 0.929 bits per heavy atom. The summed E-state index contributed by atoms with van der Waals surface area (Å²) in [7, 11) is 0. The van der Waals surface area contributed by atoms with Crippen molar-refractivity contribution in [3.8, 4) is 0 Å². The number of amides is 1. The Kier molecular flexibility index (Phi) is 5.63. The molecule has 0 spiro atoms. The van der Waals surface area contributed by atoms with Gasteiger partial charge in [0.25, 0.3) is 5.91 Å². The molecule has 0 saturated carbocycles. The van der Waals surface area contributed by atoms with Crippen molar-refractivity contribution < 1.29 is 18.0 Å². The van der Waals surface area contributed by atoms with Gasteiger partial charge in [-0.05, 0) is 60.5 Å². The van der Waals surface area contributed by atoms with E-state index in [0.29, 0.717) is 11.5 Å². The minimum atomic E-state index is -4.43. The molecule has 0 fully saturated rings. The number of aromatic nitrogens is 1.